The van der Waals surface area contributed by atoms with Gasteiger partial charge in [0.2, 0.25) is 15.9 Å². The number of fused-ring (bicyclic) bond motifs is 1. The number of aromatic nitrogens is 3. The van der Waals surface area contributed by atoms with Crippen LogP contribution in [0.1, 0.15) is 19.8 Å². The number of benzene rings is 1. The number of amides is 1. The van der Waals surface area contributed by atoms with Crippen molar-refractivity contribution in [3.63, 3.8) is 0 Å². The third-order valence-corrected chi connectivity index (χ3v) is 5.35. The van der Waals surface area contributed by atoms with Crippen molar-refractivity contribution in [3.8, 4) is 0 Å². The van der Waals surface area contributed by atoms with Crippen LogP contribution in [0.15, 0.2) is 23.1 Å². The van der Waals surface area contributed by atoms with Crippen LogP contribution in [0, 0.1) is 0 Å². The zero-order chi connectivity index (χ0) is 16.6. The fourth-order valence-electron chi connectivity index (χ4n) is 2.85. The van der Waals surface area contributed by atoms with Gasteiger partial charge < -0.3 is 4.90 Å². The number of aryl methyl sites for hydroxylation is 1. The summed E-state index contributed by atoms with van der Waals surface area (Å²) in [6.07, 6.45) is 1.04. The third-order valence-electron chi connectivity index (χ3n) is 3.79. The molecular weight excluding hydrogens is 318 g/mol. The highest BCUT2D eigenvalue weighted by Crippen LogP contribution is 2.21. The fraction of sp³-hybridized carbons (Fsp3) is 0.500. The van der Waals surface area contributed by atoms with Crippen LogP contribution in [0.2, 0.25) is 0 Å². The molecule has 2 aromatic rings. The van der Waals surface area contributed by atoms with Gasteiger partial charge in [0.15, 0.2) is 0 Å². The number of carbonyl (C=O) groups is 1. The maximum absolute atomic E-state index is 12.7. The average molecular weight is 337 g/mol. The Kier molecular flexibility index (Phi) is 4.07. The Bertz CT molecular complexity index is 845. The summed E-state index contributed by atoms with van der Waals surface area (Å²) >= 11 is 0. The maximum Gasteiger partial charge on any atom is 0.243 e. The van der Waals surface area contributed by atoms with E-state index in [-0.39, 0.29) is 17.2 Å². The van der Waals surface area contributed by atoms with Crippen molar-refractivity contribution in [2.24, 2.45) is 7.05 Å². The highest BCUT2D eigenvalue weighted by Gasteiger charge is 2.33. The highest BCUT2D eigenvalue weighted by atomic mass is 32.2. The van der Waals surface area contributed by atoms with E-state index in [1.165, 1.54) is 10.9 Å². The quantitative estimate of drug-likeness (QED) is 0.844. The molecule has 23 heavy (non-hydrogen) atoms. The molecule has 0 saturated carbocycles. The van der Waals surface area contributed by atoms with Crippen molar-refractivity contribution in [1.29, 1.82) is 0 Å². The van der Waals surface area contributed by atoms with Crippen LogP contribution in [0.4, 0.5) is 0 Å². The number of likely N-dealkylation sites (tertiary alicyclic amines) is 1. The molecule has 3 rings (SSSR count). The fourth-order valence-corrected chi connectivity index (χ4v) is 4.23. The first kappa shape index (κ1) is 15.9. The van der Waals surface area contributed by atoms with Crippen LogP contribution in [0.25, 0.3) is 11.0 Å². The lowest BCUT2D eigenvalue weighted by Crippen LogP contribution is -2.37. The molecule has 9 heteroatoms. The number of hydrogen-bond donors (Lipinski definition) is 1. The van der Waals surface area contributed by atoms with Gasteiger partial charge in [0.05, 0.1) is 0 Å². The summed E-state index contributed by atoms with van der Waals surface area (Å²) in [4.78, 5) is 15.0. The molecule has 1 aliphatic rings. The van der Waals surface area contributed by atoms with Gasteiger partial charge in [-0.05, 0) is 18.6 Å². The molecule has 8 nitrogen and oxygen atoms in total. The molecule has 1 fully saturated rings. The summed E-state index contributed by atoms with van der Waals surface area (Å²) in [5.74, 6) is -0.0164. The van der Waals surface area contributed by atoms with Crippen LogP contribution in [-0.2, 0) is 21.9 Å². The first-order valence-electron chi connectivity index (χ1n) is 7.51. The van der Waals surface area contributed by atoms with Gasteiger partial charge in [-0.25, -0.2) is 13.1 Å². The van der Waals surface area contributed by atoms with Gasteiger partial charge >= 0.3 is 0 Å². The summed E-state index contributed by atoms with van der Waals surface area (Å²) in [5, 5.41) is 8.24. The largest absolute Gasteiger partial charge is 0.341 e. The molecular formula is C14H19N5O3S. The molecule has 0 bridgehead atoms. The van der Waals surface area contributed by atoms with Crippen molar-refractivity contribution < 1.29 is 13.2 Å². The Morgan fingerprint density at radius 2 is 2.13 bits per heavy atom. The molecule has 1 aromatic heterocycles. The molecule has 0 spiro atoms. The number of nitrogens with zero attached hydrogens (tertiary/aromatic N) is 4. The Hall–Kier alpha value is -2.00. The average Bonchev–Trinajstić information content (AvgIpc) is 3.00. The minimum atomic E-state index is -3.76. The topological polar surface area (TPSA) is 97.2 Å². The van der Waals surface area contributed by atoms with E-state index in [1.807, 2.05) is 6.92 Å². The van der Waals surface area contributed by atoms with Crippen molar-refractivity contribution >= 4 is 27.0 Å². The van der Waals surface area contributed by atoms with Gasteiger partial charge in [-0.2, -0.15) is 15.0 Å². The molecule has 1 N–H and O–H groups in total. The van der Waals surface area contributed by atoms with E-state index >= 15 is 0 Å². The van der Waals surface area contributed by atoms with Crippen molar-refractivity contribution in [1.82, 2.24) is 24.6 Å². The lowest BCUT2D eigenvalue weighted by atomic mass is 10.3. The molecule has 1 amide bonds. The van der Waals surface area contributed by atoms with Crippen LogP contribution in [-0.4, -0.2) is 53.4 Å². The second kappa shape index (κ2) is 5.89. The molecule has 1 unspecified atom stereocenters. The van der Waals surface area contributed by atoms with Crippen LogP contribution in [0.5, 0.6) is 0 Å². The van der Waals surface area contributed by atoms with E-state index in [4.69, 9.17) is 0 Å². The molecule has 1 aromatic carbocycles. The van der Waals surface area contributed by atoms with Gasteiger partial charge in [-0.1, -0.05) is 13.0 Å². The molecule has 0 radical (unpaired) electrons. The summed E-state index contributed by atoms with van der Waals surface area (Å²) in [7, 11) is -2.12. The Labute approximate surface area is 134 Å². The standard InChI is InChI=1S/C14H19N5O3S/c1-3-7-19-9-10(8-13(19)20)17-23(21,22)12-6-4-5-11-14(12)16-18(2)15-11/h4-6,10,17H,3,7-9H2,1-2H3. The highest BCUT2D eigenvalue weighted by molar-refractivity contribution is 7.89. The molecule has 0 aliphatic carbocycles. The summed E-state index contributed by atoms with van der Waals surface area (Å²) < 4.78 is 28.0. The number of nitrogens with one attached hydrogen (secondary N) is 1. The van der Waals surface area contributed by atoms with E-state index < -0.39 is 16.1 Å². The van der Waals surface area contributed by atoms with E-state index in [0.717, 1.165) is 6.42 Å². The van der Waals surface area contributed by atoms with E-state index in [0.29, 0.717) is 24.1 Å². The number of sulfonamides is 1. The molecule has 1 atom stereocenters. The summed E-state index contributed by atoms with van der Waals surface area (Å²) in [5.41, 5.74) is 0.850. The molecule has 2 heterocycles. The molecule has 124 valence electrons. The van der Waals surface area contributed by atoms with Gasteiger partial charge in [0, 0.05) is 32.6 Å². The van der Waals surface area contributed by atoms with E-state index in [9.17, 15) is 13.2 Å². The molecule has 1 aliphatic heterocycles. The Morgan fingerprint density at radius 1 is 1.35 bits per heavy atom. The van der Waals surface area contributed by atoms with E-state index in [2.05, 4.69) is 14.9 Å². The second-order valence-corrected chi connectivity index (χ2v) is 7.36. The van der Waals surface area contributed by atoms with Gasteiger partial charge in [0.25, 0.3) is 0 Å². The zero-order valence-corrected chi connectivity index (χ0v) is 13.9. The van der Waals surface area contributed by atoms with Crippen LogP contribution >= 0.6 is 0 Å². The number of hydrogen-bond acceptors (Lipinski definition) is 5. The van der Waals surface area contributed by atoms with Gasteiger partial charge in [-0.3, -0.25) is 4.79 Å². The van der Waals surface area contributed by atoms with Gasteiger partial charge in [0.1, 0.15) is 15.9 Å². The normalized spacial score (nSPS) is 19.0. The summed E-state index contributed by atoms with van der Waals surface area (Å²) in [6, 6.07) is 4.43. The number of rotatable bonds is 5. The first-order chi connectivity index (χ1) is 10.9. The lowest BCUT2D eigenvalue weighted by molar-refractivity contribution is -0.127. The Balaban J connectivity index is 1.86. The SMILES string of the molecule is CCCN1CC(NS(=O)(=O)c2cccc3nn(C)nc23)CC1=O. The van der Waals surface area contributed by atoms with Crippen LogP contribution in [0.3, 0.4) is 0 Å². The number of carbonyl (C=O) groups excluding carboxylic acids is 1. The monoisotopic (exact) mass is 337 g/mol. The predicted octanol–water partition coefficient (Wildman–Crippen LogP) is 0.257. The lowest BCUT2D eigenvalue weighted by Gasteiger charge is -2.16. The maximum atomic E-state index is 12.7. The van der Waals surface area contributed by atoms with Crippen molar-refractivity contribution in [2.45, 2.75) is 30.7 Å². The van der Waals surface area contributed by atoms with Gasteiger partial charge in [-0.15, -0.1) is 0 Å². The second-order valence-electron chi connectivity index (χ2n) is 5.68. The third kappa shape index (κ3) is 3.06. The Morgan fingerprint density at radius 3 is 2.87 bits per heavy atom. The minimum Gasteiger partial charge on any atom is -0.341 e. The van der Waals surface area contributed by atoms with E-state index in [1.54, 1.807) is 24.1 Å². The smallest absolute Gasteiger partial charge is 0.243 e. The zero-order valence-electron chi connectivity index (χ0n) is 13.1. The first-order valence-corrected chi connectivity index (χ1v) is 8.99. The van der Waals surface area contributed by atoms with Crippen molar-refractivity contribution in [2.75, 3.05) is 13.1 Å². The van der Waals surface area contributed by atoms with Crippen molar-refractivity contribution in [3.05, 3.63) is 18.2 Å². The predicted molar refractivity (Wildman–Crippen MR) is 84.1 cm³/mol. The van der Waals surface area contributed by atoms with Crippen LogP contribution < -0.4 is 4.72 Å². The minimum absolute atomic E-state index is 0.0164. The summed E-state index contributed by atoms with van der Waals surface area (Å²) in [6.45, 7) is 3.04. The molecule has 1 saturated heterocycles.